The number of nitrogens with one attached hydrogen (secondary N) is 3. The summed E-state index contributed by atoms with van der Waals surface area (Å²) in [6.07, 6.45) is 2.54. The second-order valence-electron chi connectivity index (χ2n) is 12.1. The highest BCUT2D eigenvalue weighted by Gasteiger charge is 2.40. The van der Waals surface area contributed by atoms with Gasteiger partial charge in [-0.25, -0.2) is 9.59 Å². The average Bonchev–Trinajstić information content (AvgIpc) is 3.24. The molecule has 2 aliphatic rings. The van der Waals surface area contributed by atoms with E-state index in [1.807, 2.05) is 25.1 Å². The Morgan fingerprint density at radius 2 is 1.71 bits per heavy atom. The number of likely N-dealkylation sites (tertiary alicyclic amines) is 1. The van der Waals surface area contributed by atoms with Gasteiger partial charge in [0.15, 0.2) is 0 Å². The summed E-state index contributed by atoms with van der Waals surface area (Å²) in [7, 11) is 1.60. The van der Waals surface area contributed by atoms with E-state index in [1.165, 1.54) is 4.90 Å². The Labute approximate surface area is 244 Å². The van der Waals surface area contributed by atoms with E-state index in [9.17, 15) is 19.2 Å². The van der Waals surface area contributed by atoms with Gasteiger partial charge in [0.2, 0.25) is 11.8 Å². The van der Waals surface area contributed by atoms with Gasteiger partial charge in [-0.2, -0.15) is 0 Å². The number of aromatic amines is 1. The highest BCUT2D eigenvalue weighted by Crippen LogP contribution is 2.36. The standard InChI is InChI=1S/C31H39N5O6/c1-18-9-12-20(17-25(18)41-5)32-27(37)19-10-13-21(14-11-19)36-26-22(7-6-8-23(26)34-29(36)39)33-28(38)24-15-16-35(24)30(40)42-31(2,3)4/h6-9,12,17,19,21,24H,10-11,13-16H2,1-5H3,(H,32,37)(H,33,38)(H,34,39)/t19?,21?,24-/m0/s1. The van der Waals surface area contributed by atoms with Gasteiger partial charge in [-0.05, 0) is 83.6 Å². The first-order valence-electron chi connectivity index (χ1n) is 14.4. The van der Waals surface area contributed by atoms with E-state index in [4.69, 9.17) is 9.47 Å². The van der Waals surface area contributed by atoms with Crippen molar-refractivity contribution < 1.29 is 23.9 Å². The van der Waals surface area contributed by atoms with Crippen molar-refractivity contribution in [3.05, 3.63) is 52.4 Å². The first kappa shape index (κ1) is 29.2. The van der Waals surface area contributed by atoms with Gasteiger partial charge in [0.05, 0.1) is 23.8 Å². The Hall–Kier alpha value is -4.28. The van der Waals surface area contributed by atoms with E-state index in [-0.39, 0.29) is 29.5 Å². The smallest absolute Gasteiger partial charge is 0.410 e. The average molecular weight is 578 g/mol. The molecule has 224 valence electrons. The van der Waals surface area contributed by atoms with Gasteiger partial charge < -0.3 is 25.1 Å². The molecule has 1 aliphatic carbocycles. The van der Waals surface area contributed by atoms with Crippen LogP contribution in [-0.2, 0) is 14.3 Å². The lowest BCUT2D eigenvalue weighted by Crippen LogP contribution is -2.57. The van der Waals surface area contributed by atoms with Crippen molar-refractivity contribution in [2.75, 3.05) is 24.3 Å². The third-order valence-electron chi connectivity index (χ3n) is 8.05. The van der Waals surface area contributed by atoms with Crippen LogP contribution in [0.3, 0.4) is 0 Å². The summed E-state index contributed by atoms with van der Waals surface area (Å²) < 4.78 is 12.5. The lowest BCUT2D eigenvalue weighted by atomic mass is 9.85. The van der Waals surface area contributed by atoms with Crippen LogP contribution in [-0.4, -0.2) is 57.7 Å². The number of aryl methyl sites for hydroxylation is 1. The molecule has 11 heteroatoms. The van der Waals surface area contributed by atoms with Crippen LogP contribution in [0, 0.1) is 12.8 Å². The Morgan fingerprint density at radius 3 is 2.36 bits per heavy atom. The predicted molar refractivity (Wildman–Crippen MR) is 160 cm³/mol. The molecule has 1 saturated carbocycles. The minimum absolute atomic E-state index is 0.0476. The van der Waals surface area contributed by atoms with Gasteiger partial charge in [0, 0.05) is 30.3 Å². The van der Waals surface area contributed by atoms with E-state index in [0.717, 1.165) is 5.56 Å². The number of amides is 3. The number of hydrogen-bond donors (Lipinski definition) is 3. The number of rotatable bonds is 6. The predicted octanol–water partition coefficient (Wildman–Crippen LogP) is 4.96. The first-order valence-corrected chi connectivity index (χ1v) is 14.4. The third kappa shape index (κ3) is 6.00. The summed E-state index contributed by atoms with van der Waals surface area (Å²) in [5.41, 5.74) is 2.49. The van der Waals surface area contributed by atoms with Gasteiger partial charge in [0.25, 0.3) is 0 Å². The van der Waals surface area contributed by atoms with E-state index < -0.39 is 17.7 Å². The molecular weight excluding hydrogens is 538 g/mol. The molecule has 0 unspecified atom stereocenters. The largest absolute Gasteiger partial charge is 0.496 e. The number of aromatic nitrogens is 2. The maximum absolute atomic E-state index is 13.2. The van der Waals surface area contributed by atoms with E-state index >= 15 is 0 Å². The molecule has 0 bridgehead atoms. The second kappa shape index (κ2) is 11.5. The number of imidazole rings is 1. The Morgan fingerprint density at radius 1 is 0.976 bits per heavy atom. The first-order chi connectivity index (χ1) is 19.9. The van der Waals surface area contributed by atoms with Crippen molar-refractivity contribution in [2.24, 2.45) is 5.92 Å². The van der Waals surface area contributed by atoms with Gasteiger partial charge >= 0.3 is 11.8 Å². The fourth-order valence-corrected chi connectivity index (χ4v) is 5.78. The molecule has 2 aromatic carbocycles. The summed E-state index contributed by atoms with van der Waals surface area (Å²) in [4.78, 5) is 56.3. The van der Waals surface area contributed by atoms with E-state index in [2.05, 4.69) is 15.6 Å². The lowest BCUT2D eigenvalue weighted by Gasteiger charge is -2.40. The number of H-pyrrole nitrogens is 1. The van der Waals surface area contributed by atoms with Crippen molar-refractivity contribution in [1.29, 1.82) is 0 Å². The van der Waals surface area contributed by atoms with Crippen LogP contribution in [0.5, 0.6) is 5.75 Å². The monoisotopic (exact) mass is 577 g/mol. The zero-order valence-electron chi connectivity index (χ0n) is 24.8. The van der Waals surface area contributed by atoms with Crippen LogP contribution in [0.2, 0.25) is 0 Å². The topological polar surface area (TPSA) is 135 Å². The Bertz CT molecular complexity index is 1560. The maximum Gasteiger partial charge on any atom is 0.410 e. The van der Waals surface area contributed by atoms with Gasteiger partial charge in [-0.3, -0.25) is 19.1 Å². The number of carbonyl (C=O) groups is 3. The fourth-order valence-electron chi connectivity index (χ4n) is 5.78. The molecule has 11 nitrogen and oxygen atoms in total. The maximum atomic E-state index is 13.2. The molecule has 3 amide bonds. The molecule has 2 heterocycles. The van der Waals surface area contributed by atoms with E-state index in [0.29, 0.717) is 66.8 Å². The molecule has 1 atom stereocenters. The number of anilines is 2. The number of hydrogen-bond acceptors (Lipinski definition) is 6. The third-order valence-corrected chi connectivity index (χ3v) is 8.05. The molecule has 0 spiro atoms. The summed E-state index contributed by atoms with van der Waals surface area (Å²) in [5, 5.41) is 5.95. The minimum atomic E-state index is -0.658. The van der Waals surface area contributed by atoms with E-state index in [1.54, 1.807) is 50.6 Å². The fraction of sp³-hybridized carbons (Fsp3) is 0.484. The highest BCUT2D eigenvalue weighted by atomic mass is 16.6. The summed E-state index contributed by atoms with van der Waals surface area (Å²) in [5.74, 6) is 0.167. The van der Waals surface area contributed by atoms with Crippen LogP contribution in [0.4, 0.5) is 16.2 Å². The van der Waals surface area contributed by atoms with Crippen LogP contribution in [0.15, 0.2) is 41.2 Å². The molecule has 2 fully saturated rings. The molecule has 1 aromatic heterocycles. The minimum Gasteiger partial charge on any atom is -0.496 e. The number of benzene rings is 2. The molecule has 1 aliphatic heterocycles. The van der Waals surface area contributed by atoms with Gasteiger partial charge in [0.1, 0.15) is 17.4 Å². The second-order valence-corrected chi connectivity index (χ2v) is 12.1. The molecule has 3 N–H and O–H groups in total. The number of para-hydroxylation sites is 1. The molecule has 5 rings (SSSR count). The lowest BCUT2D eigenvalue weighted by molar-refractivity contribution is -0.125. The van der Waals surface area contributed by atoms with Gasteiger partial charge in [-0.15, -0.1) is 0 Å². The van der Waals surface area contributed by atoms with Crippen molar-refractivity contribution in [2.45, 2.75) is 77.5 Å². The van der Waals surface area contributed by atoms with Crippen molar-refractivity contribution in [3.63, 3.8) is 0 Å². The SMILES string of the molecule is COc1cc(NC(=O)C2CCC(n3c(=O)[nH]c4cccc(NC(=O)[C@@H]5CCN5C(=O)OC(C)(C)C)c43)CC2)ccc1C. The molecule has 1 saturated heterocycles. The number of fused-ring (bicyclic) bond motifs is 1. The van der Waals surface area contributed by atoms with Gasteiger partial charge in [-0.1, -0.05) is 12.1 Å². The Kier molecular flexibility index (Phi) is 8.03. The molecule has 42 heavy (non-hydrogen) atoms. The summed E-state index contributed by atoms with van der Waals surface area (Å²) in [6, 6.07) is 10.1. The zero-order valence-corrected chi connectivity index (χ0v) is 24.8. The Balaban J connectivity index is 1.28. The molecule has 0 radical (unpaired) electrons. The number of ether oxygens (including phenoxy) is 2. The van der Waals surface area contributed by atoms with Crippen molar-refractivity contribution in [3.8, 4) is 5.75 Å². The van der Waals surface area contributed by atoms with Crippen molar-refractivity contribution in [1.82, 2.24) is 14.5 Å². The normalized spacial score (nSPS) is 20.5. The molecule has 3 aromatic rings. The highest BCUT2D eigenvalue weighted by molar-refractivity contribution is 6.03. The quantitative estimate of drug-likeness (QED) is 0.379. The number of nitrogens with zero attached hydrogens (tertiary/aromatic N) is 2. The van der Waals surface area contributed by atoms with Crippen LogP contribution < -0.4 is 21.1 Å². The van der Waals surface area contributed by atoms with Crippen LogP contribution in [0.1, 0.15) is 64.5 Å². The number of carbonyl (C=O) groups excluding carboxylic acids is 3. The van der Waals surface area contributed by atoms with Crippen molar-refractivity contribution >= 4 is 40.3 Å². The zero-order chi connectivity index (χ0) is 30.2. The summed E-state index contributed by atoms with van der Waals surface area (Å²) in [6.45, 7) is 7.74. The van der Waals surface area contributed by atoms with Crippen LogP contribution in [0.25, 0.3) is 11.0 Å². The van der Waals surface area contributed by atoms with Crippen LogP contribution >= 0.6 is 0 Å². The molecular formula is C31H39N5O6. The summed E-state index contributed by atoms with van der Waals surface area (Å²) >= 11 is 0. The number of methoxy groups -OCH3 is 1.